The number of hydrogen-bond donors (Lipinski definition) is 2. The van der Waals surface area contributed by atoms with Gasteiger partial charge in [0.2, 0.25) is 5.91 Å². The molecule has 0 aromatic rings. The zero-order chi connectivity index (χ0) is 17.5. The molecule has 136 valence electrons. The van der Waals surface area contributed by atoms with Gasteiger partial charge in [0, 0.05) is 13.0 Å². The molecule has 2 N–H and O–H groups in total. The molecule has 0 unspecified atom stereocenters. The Bertz CT molecular complexity index is 369. The Morgan fingerprint density at radius 2 is 1.29 bits per heavy atom. The van der Waals surface area contributed by atoms with Crippen molar-refractivity contribution in [2.75, 3.05) is 13.1 Å². The van der Waals surface area contributed by atoms with E-state index in [4.69, 9.17) is 10.2 Å². The van der Waals surface area contributed by atoms with Crippen LogP contribution in [-0.4, -0.2) is 46.0 Å². The van der Waals surface area contributed by atoms with Crippen LogP contribution >= 0.6 is 0 Å². The molecule has 0 aromatic carbocycles. The molecule has 0 aromatic heterocycles. The summed E-state index contributed by atoms with van der Waals surface area (Å²) >= 11 is 0. The van der Waals surface area contributed by atoms with Gasteiger partial charge in [0.1, 0.15) is 6.54 Å². The fraction of sp³-hybridized carbons (Fsp3) is 0.824. The molecule has 1 amide bonds. The summed E-state index contributed by atoms with van der Waals surface area (Å²) in [6.07, 6.45) is 10.4. The van der Waals surface area contributed by atoms with E-state index in [2.05, 4.69) is 6.92 Å². The second-order valence-corrected chi connectivity index (χ2v) is 5.93. The maximum atomic E-state index is 12.0. The average molecular weight is 370 g/mol. The van der Waals surface area contributed by atoms with Crippen LogP contribution in [0.25, 0.3) is 0 Å². The van der Waals surface area contributed by atoms with Crippen molar-refractivity contribution in [3.63, 3.8) is 0 Å². The normalized spacial score (nSPS) is 10.0. The van der Waals surface area contributed by atoms with E-state index < -0.39 is 18.5 Å². The Morgan fingerprint density at radius 1 is 0.792 bits per heavy atom. The number of carboxylic acid groups (broad SMARTS) is 2. The van der Waals surface area contributed by atoms with Crippen LogP contribution < -0.4 is 51.4 Å². The number of nitrogens with zero attached hydrogens (tertiary/aromatic N) is 1. The van der Waals surface area contributed by atoms with Gasteiger partial charge in [0.25, 0.3) is 0 Å². The number of aliphatic carboxylic acids is 2. The summed E-state index contributed by atoms with van der Waals surface area (Å²) < 4.78 is 0. The maximum Gasteiger partial charge on any atom is 1.00 e. The average Bonchev–Trinajstić information content (AvgIpc) is 2.49. The molecule has 0 heterocycles. The topological polar surface area (TPSA) is 94.9 Å². The Kier molecular flexibility index (Phi) is 19.6. The summed E-state index contributed by atoms with van der Waals surface area (Å²) in [5.41, 5.74) is 0. The Hall–Kier alpha value is 0.0464. The smallest absolute Gasteiger partial charge is 1.00 e. The fourth-order valence-electron chi connectivity index (χ4n) is 2.43. The Labute approximate surface area is 189 Å². The number of rotatable bonds is 15. The van der Waals surface area contributed by atoms with Crippen molar-refractivity contribution in [1.29, 1.82) is 0 Å². The monoisotopic (exact) mass is 369 g/mol. The molecule has 0 saturated heterocycles. The Balaban J connectivity index is -0.00000242. The van der Waals surface area contributed by atoms with E-state index in [1.165, 1.54) is 38.5 Å². The van der Waals surface area contributed by atoms with Gasteiger partial charge in [0.15, 0.2) is 0 Å². The molecule has 6 nitrogen and oxygen atoms in total. The minimum Gasteiger partial charge on any atom is -1.00 e. The molecule has 7 heteroatoms. The fourth-order valence-corrected chi connectivity index (χ4v) is 2.43. The van der Waals surface area contributed by atoms with Gasteiger partial charge in [-0.15, -0.1) is 0 Å². The molecule has 0 saturated carbocycles. The van der Waals surface area contributed by atoms with Crippen molar-refractivity contribution in [3.8, 4) is 0 Å². The summed E-state index contributed by atoms with van der Waals surface area (Å²) in [4.78, 5) is 34.4. The van der Waals surface area contributed by atoms with Gasteiger partial charge >= 0.3 is 63.3 Å². The summed E-state index contributed by atoms with van der Waals surface area (Å²) in [7, 11) is 0. The standard InChI is InChI=1S/C17H31NO5.K.H/c1-2-3-4-5-6-7-8-9-10-11-15(19)18(14-17(22)23)13-12-16(20)21;;/h2-14H2,1H3,(H,20,21)(H,22,23);;/q;+1;-1. The number of hydrogen-bond acceptors (Lipinski definition) is 3. The van der Waals surface area contributed by atoms with Crippen molar-refractivity contribution >= 4 is 17.8 Å². The molecule has 0 bridgehead atoms. The van der Waals surface area contributed by atoms with E-state index in [0.29, 0.717) is 6.42 Å². The first-order valence-corrected chi connectivity index (χ1v) is 8.68. The van der Waals surface area contributed by atoms with Crippen molar-refractivity contribution < 1.29 is 77.4 Å². The molecule has 0 fully saturated rings. The zero-order valence-corrected chi connectivity index (χ0v) is 18.4. The number of unbranched alkanes of at least 4 members (excludes halogenated alkanes) is 8. The summed E-state index contributed by atoms with van der Waals surface area (Å²) in [5, 5.41) is 17.4. The first-order chi connectivity index (χ1) is 11.0. The second kappa shape index (κ2) is 17.9. The van der Waals surface area contributed by atoms with Gasteiger partial charge < -0.3 is 16.5 Å². The number of carboxylic acids is 2. The summed E-state index contributed by atoms with van der Waals surface area (Å²) in [6.45, 7) is 1.72. The molecule has 0 atom stereocenters. The van der Waals surface area contributed by atoms with E-state index in [0.717, 1.165) is 24.2 Å². The van der Waals surface area contributed by atoms with Crippen LogP contribution in [0.3, 0.4) is 0 Å². The molecular formula is C17H32KNO5. The van der Waals surface area contributed by atoms with Crippen LogP contribution in [0.15, 0.2) is 0 Å². The zero-order valence-electron chi connectivity index (χ0n) is 16.3. The van der Waals surface area contributed by atoms with E-state index in [1.807, 2.05) is 0 Å². The van der Waals surface area contributed by atoms with Crippen LogP contribution in [0.2, 0.25) is 0 Å². The van der Waals surface area contributed by atoms with Crippen LogP contribution in [-0.2, 0) is 14.4 Å². The van der Waals surface area contributed by atoms with Crippen LogP contribution in [0.4, 0.5) is 0 Å². The van der Waals surface area contributed by atoms with E-state index in [-0.39, 0.29) is 71.7 Å². The van der Waals surface area contributed by atoms with Crippen molar-refractivity contribution in [1.82, 2.24) is 4.90 Å². The molecule has 0 rings (SSSR count). The third-order valence-electron chi connectivity index (χ3n) is 3.77. The minimum atomic E-state index is -1.11. The molecule has 0 radical (unpaired) electrons. The predicted octanol–water partition coefficient (Wildman–Crippen LogP) is 0.412. The maximum absolute atomic E-state index is 12.0. The third kappa shape index (κ3) is 16.9. The first kappa shape index (κ1) is 26.3. The molecule has 0 aliphatic rings. The van der Waals surface area contributed by atoms with Gasteiger partial charge in [-0.3, -0.25) is 14.4 Å². The minimum absolute atomic E-state index is 0. The van der Waals surface area contributed by atoms with Gasteiger partial charge in [-0.2, -0.15) is 0 Å². The van der Waals surface area contributed by atoms with Crippen LogP contribution in [0.1, 0.15) is 79.0 Å². The number of carbonyl (C=O) groups is 3. The summed E-state index contributed by atoms with van der Waals surface area (Å²) in [5.74, 6) is -2.41. The van der Waals surface area contributed by atoms with E-state index in [9.17, 15) is 14.4 Å². The van der Waals surface area contributed by atoms with Crippen LogP contribution in [0, 0.1) is 0 Å². The number of amides is 1. The summed E-state index contributed by atoms with van der Waals surface area (Å²) in [6, 6.07) is 0. The quantitative estimate of drug-likeness (QED) is 0.322. The van der Waals surface area contributed by atoms with Crippen molar-refractivity contribution in [3.05, 3.63) is 0 Å². The van der Waals surface area contributed by atoms with Crippen LogP contribution in [0.5, 0.6) is 0 Å². The SMILES string of the molecule is CCCCCCCCCCCC(=O)N(CCC(=O)O)CC(=O)O.[H-].[K+]. The van der Waals surface area contributed by atoms with E-state index >= 15 is 0 Å². The number of carbonyl (C=O) groups excluding carboxylic acids is 1. The van der Waals surface area contributed by atoms with Gasteiger partial charge in [-0.05, 0) is 6.42 Å². The van der Waals surface area contributed by atoms with Gasteiger partial charge in [-0.1, -0.05) is 58.3 Å². The molecular weight excluding hydrogens is 337 g/mol. The van der Waals surface area contributed by atoms with Crippen molar-refractivity contribution in [2.24, 2.45) is 0 Å². The largest absolute Gasteiger partial charge is 1.00 e. The molecule has 0 spiro atoms. The second-order valence-electron chi connectivity index (χ2n) is 5.93. The van der Waals surface area contributed by atoms with Gasteiger partial charge in [0.05, 0.1) is 6.42 Å². The van der Waals surface area contributed by atoms with E-state index in [1.54, 1.807) is 0 Å². The Morgan fingerprint density at radius 3 is 1.75 bits per heavy atom. The molecule has 0 aliphatic heterocycles. The first-order valence-electron chi connectivity index (χ1n) is 8.68. The van der Waals surface area contributed by atoms with Crippen molar-refractivity contribution in [2.45, 2.75) is 77.6 Å². The molecule has 24 heavy (non-hydrogen) atoms. The van der Waals surface area contributed by atoms with Gasteiger partial charge in [-0.25, -0.2) is 0 Å². The molecule has 0 aliphatic carbocycles. The third-order valence-corrected chi connectivity index (χ3v) is 3.77. The predicted molar refractivity (Wildman–Crippen MR) is 89.4 cm³/mol.